The van der Waals surface area contributed by atoms with Crippen molar-refractivity contribution in [2.24, 2.45) is 0 Å². The van der Waals surface area contributed by atoms with Crippen LogP contribution in [0.15, 0.2) is 66.4 Å². The van der Waals surface area contributed by atoms with Crippen LogP contribution in [0.2, 0.25) is 0 Å². The average Bonchev–Trinajstić information content (AvgIpc) is 2.66. The molecule has 2 aromatic carbocycles. The minimum absolute atomic E-state index is 0.00877. The summed E-state index contributed by atoms with van der Waals surface area (Å²) in [6.45, 7) is 3.21. The van der Waals surface area contributed by atoms with Gasteiger partial charge in [0.25, 0.3) is 5.91 Å². The largest absolute Gasteiger partial charge is 0.372 e. The fourth-order valence-electron chi connectivity index (χ4n) is 2.27. The first-order valence-electron chi connectivity index (χ1n) is 7.88. The van der Waals surface area contributed by atoms with Crippen LogP contribution in [0.5, 0.6) is 0 Å². The van der Waals surface area contributed by atoms with Crippen molar-refractivity contribution < 1.29 is 4.79 Å². The van der Waals surface area contributed by atoms with E-state index in [2.05, 4.69) is 5.32 Å². The molecule has 0 saturated carbocycles. The minimum Gasteiger partial charge on any atom is -0.372 e. The number of para-hydroxylation sites is 1. The Morgan fingerprint density at radius 1 is 1.12 bits per heavy atom. The van der Waals surface area contributed by atoms with Crippen molar-refractivity contribution in [3.05, 3.63) is 77.5 Å². The highest BCUT2D eigenvalue weighted by Gasteiger charge is 2.13. The van der Waals surface area contributed by atoms with Crippen LogP contribution in [0.4, 0.5) is 5.69 Å². The third kappa shape index (κ3) is 4.95. The predicted octanol–water partition coefficient (Wildman–Crippen LogP) is 3.43. The topological polar surface area (TPSA) is 79.9 Å². The third-order valence-electron chi connectivity index (χ3n) is 3.61. The van der Waals surface area contributed by atoms with Crippen LogP contribution < -0.4 is 5.32 Å². The lowest BCUT2D eigenvalue weighted by Gasteiger charge is -2.19. The number of carbonyl (C=O) groups excluding carboxylic acids is 1. The zero-order chi connectivity index (χ0) is 18.1. The summed E-state index contributed by atoms with van der Waals surface area (Å²) in [6, 6.07) is 20.5. The van der Waals surface area contributed by atoms with Crippen molar-refractivity contribution in [2.75, 3.05) is 11.9 Å². The molecule has 25 heavy (non-hydrogen) atoms. The van der Waals surface area contributed by atoms with Crippen LogP contribution in [0, 0.1) is 22.7 Å². The molecule has 0 aromatic heterocycles. The van der Waals surface area contributed by atoms with Gasteiger partial charge in [-0.15, -0.1) is 0 Å². The molecule has 1 amide bonds. The van der Waals surface area contributed by atoms with Crippen molar-refractivity contribution in [2.45, 2.75) is 13.5 Å². The maximum absolute atomic E-state index is 12.4. The van der Waals surface area contributed by atoms with Gasteiger partial charge in [-0.1, -0.05) is 42.5 Å². The van der Waals surface area contributed by atoms with Gasteiger partial charge >= 0.3 is 0 Å². The van der Waals surface area contributed by atoms with Gasteiger partial charge in [0, 0.05) is 19.3 Å². The molecule has 0 spiro atoms. The van der Waals surface area contributed by atoms with Crippen LogP contribution >= 0.6 is 0 Å². The fraction of sp³-hybridized carbons (Fsp3) is 0.150. The van der Waals surface area contributed by atoms with E-state index in [0.717, 1.165) is 5.56 Å². The monoisotopic (exact) mass is 330 g/mol. The molecule has 0 bridgehead atoms. The Morgan fingerprint density at radius 3 is 2.44 bits per heavy atom. The first kappa shape index (κ1) is 17.8. The van der Waals surface area contributed by atoms with Gasteiger partial charge in [-0.25, -0.2) is 0 Å². The first-order valence-corrected chi connectivity index (χ1v) is 7.88. The van der Waals surface area contributed by atoms with Gasteiger partial charge in [0.15, 0.2) is 0 Å². The normalized spacial score (nSPS) is 10.4. The summed E-state index contributed by atoms with van der Waals surface area (Å²) >= 11 is 0. The van der Waals surface area contributed by atoms with E-state index in [-0.39, 0.29) is 5.57 Å². The fourth-order valence-corrected chi connectivity index (χ4v) is 2.27. The smallest absolute Gasteiger partial charge is 0.267 e. The number of anilines is 1. The van der Waals surface area contributed by atoms with E-state index in [1.165, 1.54) is 0 Å². The zero-order valence-electron chi connectivity index (χ0n) is 13.9. The molecule has 124 valence electrons. The Morgan fingerprint density at radius 2 is 1.80 bits per heavy atom. The summed E-state index contributed by atoms with van der Waals surface area (Å²) in [7, 11) is 0. The molecule has 0 atom stereocenters. The number of amides is 1. The standard InChI is InChI=1S/C20H18N4O/c1-2-24(14-16-8-4-3-5-9-16)15-18(13-22)20(25)23-19-11-7-6-10-17(19)12-21/h3-11,15H,2,14H2,1H3,(H,23,25)/b18-15-. The van der Waals surface area contributed by atoms with Crippen molar-refractivity contribution >= 4 is 11.6 Å². The van der Waals surface area contributed by atoms with Crippen molar-refractivity contribution in [3.8, 4) is 12.1 Å². The van der Waals surface area contributed by atoms with Gasteiger partial charge < -0.3 is 10.2 Å². The molecule has 0 heterocycles. The molecule has 5 heteroatoms. The summed E-state index contributed by atoms with van der Waals surface area (Å²) < 4.78 is 0. The summed E-state index contributed by atoms with van der Waals surface area (Å²) in [4.78, 5) is 14.3. The predicted molar refractivity (Wildman–Crippen MR) is 96.0 cm³/mol. The summed E-state index contributed by atoms with van der Waals surface area (Å²) in [5, 5.41) is 21.1. The van der Waals surface area contributed by atoms with E-state index in [1.54, 1.807) is 30.5 Å². The molecule has 0 radical (unpaired) electrons. The van der Waals surface area contributed by atoms with E-state index >= 15 is 0 Å². The number of nitrogens with zero attached hydrogens (tertiary/aromatic N) is 3. The van der Waals surface area contributed by atoms with Crippen LogP contribution in [-0.2, 0) is 11.3 Å². The molecule has 0 aliphatic rings. The van der Waals surface area contributed by atoms with Crippen LogP contribution in [0.1, 0.15) is 18.1 Å². The van der Waals surface area contributed by atoms with E-state index in [4.69, 9.17) is 5.26 Å². The first-order chi connectivity index (χ1) is 12.2. The van der Waals surface area contributed by atoms with Crippen molar-refractivity contribution in [1.82, 2.24) is 4.90 Å². The summed E-state index contributed by atoms with van der Waals surface area (Å²) in [6.07, 6.45) is 1.55. The molecule has 0 saturated heterocycles. The van der Waals surface area contributed by atoms with Crippen molar-refractivity contribution in [3.63, 3.8) is 0 Å². The number of nitrogens with one attached hydrogen (secondary N) is 1. The number of nitriles is 2. The highest BCUT2D eigenvalue weighted by Crippen LogP contribution is 2.15. The van der Waals surface area contributed by atoms with E-state index in [1.807, 2.05) is 54.3 Å². The van der Waals surface area contributed by atoms with Gasteiger partial charge in [-0.3, -0.25) is 4.79 Å². The molecular formula is C20H18N4O. The lowest BCUT2D eigenvalue weighted by atomic mass is 10.2. The Bertz CT molecular complexity index is 844. The number of carbonyl (C=O) groups is 1. The van der Waals surface area contributed by atoms with Crippen molar-refractivity contribution in [1.29, 1.82) is 10.5 Å². The lowest BCUT2D eigenvalue weighted by Crippen LogP contribution is -2.21. The Hall–Kier alpha value is -3.57. The number of benzene rings is 2. The molecule has 0 unspecified atom stereocenters. The van der Waals surface area contributed by atoms with Crippen LogP contribution in [0.3, 0.4) is 0 Å². The third-order valence-corrected chi connectivity index (χ3v) is 3.61. The second-order valence-corrected chi connectivity index (χ2v) is 5.31. The van der Waals surface area contributed by atoms with E-state index < -0.39 is 5.91 Å². The average molecular weight is 330 g/mol. The van der Waals surface area contributed by atoms with Gasteiger partial charge in [0.1, 0.15) is 17.7 Å². The Kier molecular flexibility index (Phi) is 6.33. The number of rotatable bonds is 6. The summed E-state index contributed by atoms with van der Waals surface area (Å²) in [5.74, 6) is -0.531. The molecule has 0 aliphatic carbocycles. The maximum Gasteiger partial charge on any atom is 0.267 e. The lowest BCUT2D eigenvalue weighted by molar-refractivity contribution is -0.112. The Labute approximate surface area is 147 Å². The molecule has 1 N–H and O–H groups in total. The molecule has 2 rings (SSSR count). The van der Waals surface area contributed by atoms with Gasteiger partial charge in [-0.2, -0.15) is 10.5 Å². The molecule has 5 nitrogen and oxygen atoms in total. The van der Waals surface area contributed by atoms with Gasteiger partial charge in [0.05, 0.1) is 11.3 Å². The number of hydrogen-bond acceptors (Lipinski definition) is 4. The quantitative estimate of drug-likeness (QED) is 0.650. The molecule has 2 aromatic rings. The van der Waals surface area contributed by atoms with Crippen LogP contribution in [-0.4, -0.2) is 17.4 Å². The maximum atomic E-state index is 12.4. The minimum atomic E-state index is -0.531. The number of hydrogen-bond donors (Lipinski definition) is 1. The molecular weight excluding hydrogens is 312 g/mol. The zero-order valence-corrected chi connectivity index (χ0v) is 13.9. The second kappa shape index (κ2) is 8.90. The van der Waals surface area contributed by atoms with Gasteiger partial charge in [0.2, 0.25) is 0 Å². The molecule has 0 fully saturated rings. The SMILES string of the molecule is CCN(/C=C(/C#N)C(=O)Nc1ccccc1C#N)Cc1ccccc1. The highest BCUT2D eigenvalue weighted by atomic mass is 16.1. The molecule has 0 aliphatic heterocycles. The van der Waals surface area contributed by atoms with Gasteiger partial charge in [-0.05, 0) is 24.6 Å². The highest BCUT2D eigenvalue weighted by molar-refractivity contribution is 6.07. The second-order valence-electron chi connectivity index (χ2n) is 5.31. The van der Waals surface area contributed by atoms with Crippen LogP contribution in [0.25, 0.3) is 0 Å². The summed E-state index contributed by atoms with van der Waals surface area (Å²) in [5.41, 5.74) is 1.82. The Balaban J connectivity index is 2.16. The van der Waals surface area contributed by atoms with E-state index in [9.17, 15) is 10.1 Å². The van der Waals surface area contributed by atoms with E-state index in [0.29, 0.717) is 24.3 Å².